The van der Waals surface area contributed by atoms with Crippen LogP contribution in [0, 0.1) is 23.1 Å². The molecule has 11 heteroatoms. The van der Waals surface area contributed by atoms with Gasteiger partial charge in [-0.2, -0.15) is 5.26 Å². The maximum atomic E-state index is 14.1. The zero-order valence-corrected chi connectivity index (χ0v) is 19.8. The van der Waals surface area contributed by atoms with E-state index in [4.69, 9.17) is 0 Å². The summed E-state index contributed by atoms with van der Waals surface area (Å²) in [6.45, 7) is 2.40. The number of nitrogens with zero attached hydrogens (tertiary/aromatic N) is 9. The Labute approximate surface area is 212 Å². The summed E-state index contributed by atoms with van der Waals surface area (Å²) in [7, 11) is 0. The van der Waals surface area contributed by atoms with E-state index in [1.807, 2.05) is 12.1 Å². The van der Waals surface area contributed by atoms with E-state index in [0.29, 0.717) is 23.6 Å². The largest absolute Gasteiger partial charge is 0.356 e. The van der Waals surface area contributed by atoms with Gasteiger partial charge in [0.25, 0.3) is 0 Å². The summed E-state index contributed by atoms with van der Waals surface area (Å²) in [6.07, 6.45) is 9.38. The molecule has 0 unspecified atom stereocenters. The van der Waals surface area contributed by atoms with E-state index in [2.05, 4.69) is 29.8 Å². The number of piperidine rings is 1. The lowest BCUT2D eigenvalue weighted by Gasteiger charge is -2.40. The average Bonchev–Trinajstić information content (AvgIpc) is 2.94. The molecule has 2 aliphatic heterocycles. The predicted molar refractivity (Wildman–Crippen MR) is 133 cm³/mol. The van der Waals surface area contributed by atoms with Gasteiger partial charge in [-0.15, -0.1) is 0 Å². The van der Waals surface area contributed by atoms with Crippen LogP contribution in [0.1, 0.15) is 24.1 Å². The van der Waals surface area contributed by atoms with E-state index in [1.165, 1.54) is 23.2 Å². The smallest absolute Gasteiger partial charge is 0.330 e. The van der Waals surface area contributed by atoms with Crippen LogP contribution < -0.4 is 9.80 Å². The number of rotatable bonds is 4. The molecule has 0 atom stereocenters. The molecule has 6 heterocycles. The Bertz CT molecular complexity index is 1530. The monoisotopic (exact) mass is 495 g/mol. The van der Waals surface area contributed by atoms with Gasteiger partial charge in [-0.05, 0) is 43.0 Å². The molecule has 184 valence electrons. The van der Waals surface area contributed by atoms with Crippen molar-refractivity contribution in [1.29, 1.82) is 5.26 Å². The molecule has 1 saturated heterocycles. The maximum Gasteiger partial charge on any atom is 0.330 e. The molecule has 4 aromatic rings. The molecule has 6 rings (SSSR count). The van der Waals surface area contributed by atoms with Crippen LogP contribution in [0.2, 0.25) is 0 Å². The van der Waals surface area contributed by atoms with Gasteiger partial charge in [0.2, 0.25) is 0 Å². The summed E-state index contributed by atoms with van der Waals surface area (Å²) < 4.78 is 14.1. The Morgan fingerprint density at radius 3 is 2.73 bits per heavy atom. The van der Waals surface area contributed by atoms with Gasteiger partial charge < -0.3 is 9.80 Å². The molecule has 0 bridgehead atoms. The van der Waals surface area contributed by atoms with E-state index in [0.717, 1.165) is 48.8 Å². The summed E-state index contributed by atoms with van der Waals surface area (Å²) in [5.74, 6) is 1.08. The molecule has 0 saturated carbocycles. The van der Waals surface area contributed by atoms with Crippen LogP contribution >= 0.6 is 0 Å². The van der Waals surface area contributed by atoms with Crippen LogP contribution in [-0.2, 0) is 6.54 Å². The highest BCUT2D eigenvalue weighted by Crippen LogP contribution is 2.35. The molecular formula is C26H22FN9O. The number of anilines is 3. The number of urea groups is 1. The van der Waals surface area contributed by atoms with E-state index >= 15 is 0 Å². The second-order valence-corrected chi connectivity index (χ2v) is 9.17. The van der Waals surface area contributed by atoms with E-state index in [1.54, 1.807) is 29.7 Å². The number of fused-ring (bicyclic) bond motifs is 2. The molecule has 37 heavy (non-hydrogen) atoms. The first-order chi connectivity index (χ1) is 18.1. The van der Waals surface area contributed by atoms with Gasteiger partial charge in [0.05, 0.1) is 30.1 Å². The zero-order chi connectivity index (χ0) is 25.4. The van der Waals surface area contributed by atoms with E-state index in [-0.39, 0.29) is 24.2 Å². The van der Waals surface area contributed by atoms with Crippen molar-refractivity contribution in [3.05, 3.63) is 72.5 Å². The highest BCUT2D eigenvalue weighted by Gasteiger charge is 2.35. The second kappa shape index (κ2) is 9.39. The molecule has 0 aliphatic carbocycles. The number of nitriles is 1. The Morgan fingerprint density at radius 1 is 1.03 bits per heavy atom. The highest BCUT2D eigenvalue weighted by molar-refractivity contribution is 6.00. The Hall–Kier alpha value is -4.72. The summed E-state index contributed by atoms with van der Waals surface area (Å²) in [5.41, 5.74) is 2.09. The number of hydrogen-bond donors (Lipinski definition) is 0. The first kappa shape index (κ1) is 22.7. The Kier molecular flexibility index (Phi) is 5.76. The summed E-state index contributed by atoms with van der Waals surface area (Å²) in [5, 5.41) is 10.3. The number of carbonyl (C=O) groups is 1. The van der Waals surface area contributed by atoms with Gasteiger partial charge in [-0.3, -0.25) is 4.98 Å². The molecule has 2 amide bonds. The van der Waals surface area contributed by atoms with Gasteiger partial charge in [0.1, 0.15) is 35.5 Å². The molecule has 10 nitrogen and oxygen atoms in total. The normalized spacial score (nSPS) is 16.1. The van der Waals surface area contributed by atoms with Crippen LogP contribution in [0.3, 0.4) is 0 Å². The van der Waals surface area contributed by atoms with Crippen LogP contribution in [0.5, 0.6) is 0 Å². The van der Waals surface area contributed by atoms with Gasteiger partial charge >= 0.3 is 6.03 Å². The minimum atomic E-state index is -0.457. The highest BCUT2D eigenvalue weighted by atomic mass is 19.1. The minimum Gasteiger partial charge on any atom is -0.356 e. The lowest BCUT2D eigenvalue weighted by atomic mass is 9.95. The van der Waals surface area contributed by atoms with Crippen molar-refractivity contribution in [3.8, 4) is 6.07 Å². The van der Waals surface area contributed by atoms with Crippen molar-refractivity contribution in [2.24, 2.45) is 5.92 Å². The van der Waals surface area contributed by atoms with Crippen molar-refractivity contribution in [2.45, 2.75) is 19.4 Å². The molecule has 2 aliphatic rings. The average molecular weight is 496 g/mol. The third kappa shape index (κ3) is 4.27. The number of carbonyl (C=O) groups excluding carboxylic acids is 1. The van der Waals surface area contributed by atoms with Crippen molar-refractivity contribution >= 4 is 34.3 Å². The van der Waals surface area contributed by atoms with Crippen molar-refractivity contribution in [3.63, 3.8) is 0 Å². The number of pyridine rings is 3. The van der Waals surface area contributed by atoms with Crippen LogP contribution in [0.15, 0.2) is 55.4 Å². The summed E-state index contributed by atoms with van der Waals surface area (Å²) in [4.78, 5) is 40.3. The second-order valence-electron chi connectivity index (χ2n) is 9.17. The Morgan fingerprint density at radius 2 is 1.89 bits per heavy atom. The fraction of sp³-hybridized carbons (Fsp3) is 0.269. The molecule has 0 N–H and O–H groups in total. The fourth-order valence-electron chi connectivity index (χ4n) is 5.08. The topological polar surface area (TPSA) is 115 Å². The quantitative estimate of drug-likeness (QED) is 0.420. The molecule has 4 aromatic heterocycles. The minimum absolute atomic E-state index is 0.187. The first-order valence-electron chi connectivity index (χ1n) is 12.0. The predicted octanol–water partition coefficient (Wildman–Crippen LogP) is 3.82. The van der Waals surface area contributed by atoms with Gasteiger partial charge in [-0.1, -0.05) is 0 Å². The summed E-state index contributed by atoms with van der Waals surface area (Å²) >= 11 is 0. The SMILES string of the molecule is N#Cc1cc(N2C(=O)N(CC3CCN(c4ncnc5cnccc45)CC3)Cc3cc(F)cnc32)ccn1. The lowest BCUT2D eigenvalue weighted by molar-refractivity contribution is 0.183. The van der Waals surface area contributed by atoms with Gasteiger partial charge in [0, 0.05) is 43.0 Å². The lowest BCUT2D eigenvalue weighted by Crippen LogP contribution is -2.48. The zero-order valence-electron chi connectivity index (χ0n) is 19.8. The van der Waals surface area contributed by atoms with E-state index < -0.39 is 5.82 Å². The van der Waals surface area contributed by atoms with Gasteiger partial charge in [-0.25, -0.2) is 34.0 Å². The van der Waals surface area contributed by atoms with E-state index in [9.17, 15) is 14.4 Å². The maximum absolute atomic E-state index is 14.1. The van der Waals surface area contributed by atoms with Crippen LogP contribution in [0.4, 0.5) is 26.5 Å². The number of aromatic nitrogens is 5. The third-order valence-electron chi connectivity index (χ3n) is 6.87. The van der Waals surface area contributed by atoms with Gasteiger partial charge in [0.15, 0.2) is 0 Å². The third-order valence-corrected chi connectivity index (χ3v) is 6.87. The summed E-state index contributed by atoms with van der Waals surface area (Å²) in [6, 6.07) is 8.28. The number of amides is 2. The molecular weight excluding hydrogens is 473 g/mol. The van der Waals surface area contributed by atoms with Crippen LogP contribution in [-0.4, -0.2) is 55.5 Å². The van der Waals surface area contributed by atoms with Crippen molar-refractivity contribution < 1.29 is 9.18 Å². The number of halogens is 1. The van der Waals surface area contributed by atoms with Crippen molar-refractivity contribution in [1.82, 2.24) is 29.8 Å². The Balaban J connectivity index is 1.22. The molecule has 0 radical (unpaired) electrons. The fourth-order valence-corrected chi connectivity index (χ4v) is 5.08. The molecule has 0 aromatic carbocycles. The van der Waals surface area contributed by atoms with Crippen LogP contribution in [0.25, 0.3) is 10.9 Å². The molecule has 1 fully saturated rings. The van der Waals surface area contributed by atoms with Crippen molar-refractivity contribution in [2.75, 3.05) is 29.4 Å². The first-order valence-corrected chi connectivity index (χ1v) is 12.0. The standard InChI is InChI=1S/C26H22FN9O/c27-19-9-18-15-35(26(37)36(24(18)31-12-19)21-1-6-30-20(10-21)11-28)14-17-3-7-34(8-4-17)25-22-2-5-29-13-23(22)32-16-33-25/h1-2,5-6,9-10,12-13,16-17H,3-4,7-8,14-15H2. The molecule has 0 spiro atoms. The number of hydrogen-bond acceptors (Lipinski definition) is 8.